The van der Waals surface area contributed by atoms with Gasteiger partial charge < -0.3 is 5.32 Å². The molecule has 1 unspecified atom stereocenters. The van der Waals surface area contributed by atoms with Crippen molar-refractivity contribution in [3.05, 3.63) is 65.9 Å². The highest BCUT2D eigenvalue weighted by Crippen LogP contribution is 2.26. The van der Waals surface area contributed by atoms with Gasteiger partial charge in [-0.05, 0) is 50.1 Å². The molecule has 1 aliphatic heterocycles. The topological polar surface area (TPSA) is 82.6 Å². The van der Waals surface area contributed by atoms with E-state index in [0.717, 1.165) is 22.2 Å². The minimum atomic E-state index is -3.68. The first-order valence-corrected chi connectivity index (χ1v) is 12.2. The first kappa shape index (κ1) is 22.4. The monoisotopic (exact) mass is 452 g/mol. The molecule has 0 saturated carbocycles. The number of fused-ring (bicyclic) bond motifs is 1. The molecule has 4 rings (SSSR count). The van der Waals surface area contributed by atoms with Crippen LogP contribution in [-0.2, 0) is 14.8 Å². The number of hydrogen-bond acceptors (Lipinski definition) is 5. The molecule has 1 amide bonds. The minimum absolute atomic E-state index is 0.0933. The Balaban J connectivity index is 1.45. The molecule has 32 heavy (non-hydrogen) atoms. The average molecular weight is 453 g/mol. The van der Waals surface area contributed by atoms with Crippen LogP contribution in [0.15, 0.2) is 59.6 Å². The van der Waals surface area contributed by atoms with Crippen LogP contribution < -0.4 is 5.32 Å². The fraction of sp³-hybridized carbons (Fsp3) is 0.333. The van der Waals surface area contributed by atoms with Gasteiger partial charge in [0.2, 0.25) is 15.9 Å². The standard InChI is InChI=1S/C24H28N4O3S/c1-17-15-20-8-6-10-22(23(20)25-16-17)32(30,31)28-13-11-27(12-14-28)19(3)24(29)26-21-9-5-4-7-18(21)2/h4-10,15-16,19H,11-14H2,1-3H3,(H,26,29). The number of pyridine rings is 1. The maximum atomic E-state index is 13.4. The fourth-order valence-electron chi connectivity index (χ4n) is 4.04. The van der Waals surface area contributed by atoms with Crippen molar-refractivity contribution in [1.29, 1.82) is 0 Å². The lowest BCUT2D eigenvalue weighted by atomic mass is 10.1. The van der Waals surface area contributed by atoms with E-state index in [1.807, 2.05) is 62.1 Å². The molecular formula is C24H28N4O3S. The Bertz CT molecular complexity index is 1250. The summed E-state index contributed by atoms with van der Waals surface area (Å²) in [5.41, 5.74) is 3.28. The summed E-state index contributed by atoms with van der Waals surface area (Å²) in [6.45, 7) is 7.36. The highest BCUT2D eigenvalue weighted by Gasteiger charge is 2.33. The summed E-state index contributed by atoms with van der Waals surface area (Å²) in [7, 11) is -3.68. The van der Waals surface area contributed by atoms with E-state index in [-0.39, 0.29) is 16.8 Å². The molecule has 2 heterocycles. The second-order valence-corrected chi connectivity index (χ2v) is 10.2. The lowest BCUT2D eigenvalue weighted by Crippen LogP contribution is -2.53. The van der Waals surface area contributed by atoms with Crippen LogP contribution in [0, 0.1) is 13.8 Å². The number of aromatic nitrogens is 1. The normalized spacial score (nSPS) is 16.7. The van der Waals surface area contributed by atoms with E-state index >= 15 is 0 Å². The molecule has 0 spiro atoms. The number of hydrogen-bond donors (Lipinski definition) is 1. The number of piperazine rings is 1. The van der Waals surface area contributed by atoms with Crippen LogP contribution in [0.2, 0.25) is 0 Å². The van der Waals surface area contributed by atoms with Crippen molar-refractivity contribution in [2.75, 3.05) is 31.5 Å². The SMILES string of the molecule is Cc1cnc2c(S(=O)(=O)N3CCN(C(C)C(=O)Nc4ccccc4C)CC3)cccc2c1. The molecule has 7 nitrogen and oxygen atoms in total. The second kappa shape index (κ2) is 8.97. The van der Waals surface area contributed by atoms with Crippen LogP contribution in [0.5, 0.6) is 0 Å². The Morgan fingerprint density at radius 2 is 1.75 bits per heavy atom. The van der Waals surface area contributed by atoms with Crippen LogP contribution in [0.4, 0.5) is 5.69 Å². The van der Waals surface area contributed by atoms with Gasteiger partial charge in [-0.2, -0.15) is 4.31 Å². The molecule has 1 N–H and O–H groups in total. The molecule has 8 heteroatoms. The van der Waals surface area contributed by atoms with E-state index in [1.54, 1.807) is 18.3 Å². The zero-order valence-corrected chi connectivity index (χ0v) is 19.4. The summed E-state index contributed by atoms with van der Waals surface area (Å²) in [5, 5.41) is 3.79. The summed E-state index contributed by atoms with van der Waals surface area (Å²) < 4.78 is 28.2. The van der Waals surface area contributed by atoms with E-state index in [0.29, 0.717) is 31.7 Å². The highest BCUT2D eigenvalue weighted by atomic mass is 32.2. The van der Waals surface area contributed by atoms with Crippen molar-refractivity contribution in [3.63, 3.8) is 0 Å². The van der Waals surface area contributed by atoms with Crippen molar-refractivity contribution < 1.29 is 13.2 Å². The molecule has 2 aromatic carbocycles. The summed E-state index contributed by atoms with van der Waals surface area (Å²) in [6.07, 6.45) is 1.69. The van der Waals surface area contributed by atoms with Gasteiger partial charge >= 0.3 is 0 Å². The van der Waals surface area contributed by atoms with Crippen molar-refractivity contribution in [2.24, 2.45) is 0 Å². The predicted molar refractivity (Wildman–Crippen MR) is 126 cm³/mol. The number of anilines is 1. The lowest BCUT2D eigenvalue weighted by molar-refractivity contribution is -0.121. The van der Waals surface area contributed by atoms with Crippen molar-refractivity contribution in [3.8, 4) is 0 Å². The van der Waals surface area contributed by atoms with Gasteiger partial charge in [0.25, 0.3) is 0 Å². The Labute approximate surface area is 189 Å². The largest absolute Gasteiger partial charge is 0.324 e. The van der Waals surface area contributed by atoms with E-state index in [4.69, 9.17) is 0 Å². The smallest absolute Gasteiger partial charge is 0.245 e. The van der Waals surface area contributed by atoms with E-state index < -0.39 is 10.0 Å². The number of nitrogens with one attached hydrogen (secondary N) is 1. The average Bonchev–Trinajstić information content (AvgIpc) is 2.79. The van der Waals surface area contributed by atoms with Gasteiger partial charge in [-0.15, -0.1) is 0 Å². The summed E-state index contributed by atoms with van der Waals surface area (Å²) in [4.78, 5) is 19.4. The van der Waals surface area contributed by atoms with Gasteiger partial charge in [-0.3, -0.25) is 14.7 Å². The van der Waals surface area contributed by atoms with E-state index in [9.17, 15) is 13.2 Å². The van der Waals surface area contributed by atoms with Crippen LogP contribution in [0.3, 0.4) is 0 Å². The molecule has 1 aromatic heterocycles. The number of sulfonamides is 1. The Kier molecular flexibility index (Phi) is 6.28. The number of nitrogens with zero attached hydrogens (tertiary/aromatic N) is 3. The van der Waals surface area contributed by atoms with Crippen molar-refractivity contribution in [2.45, 2.75) is 31.7 Å². The molecular weight excluding hydrogens is 424 g/mol. The zero-order chi connectivity index (χ0) is 22.9. The van der Waals surface area contributed by atoms with Crippen LogP contribution in [0.25, 0.3) is 10.9 Å². The molecule has 0 bridgehead atoms. The molecule has 168 valence electrons. The summed E-state index contributed by atoms with van der Waals surface area (Å²) >= 11 is 0. The Morgan fingerprint density at radius 3 is 2.47 bits per heavy atom. The first-order chi connectivity index (χ1) is 15.3. The third kappa shape index (κ3) is 4.39. The number of para-hydroxylation sites is 2. The highest BCUT2D eigenvalue weighted by molar-refractivity contribution is 7.89. The third-order valence-electron chi connectivity index (χ3n) is 6.03. The zero-order valence-electron chi connectivity index (χ0n) is 18.6. The van der Waals surface area contributed by atoms with E-state index in [1.165, 1.54) is 4.31 Å². The van der Waals surface area contributed by atoms with Gasteiger partial charge in [0.15, 0.2) is 0 Å². The third-order valence-corrected chi connectivity index (χ3v) is 7.96. The number of aryl methyl sites for hydroxylation is 2. The quantitative estimate of drug-likeness (QED) is 0.643. The number of amides is 1. The molecule has 3 aromatic rings. The van der Waals surface area contributed by atoms with Crippen molar-refractivity contribution >= 4 is 32.5 Å². The fourth-order valence-corrected chi connectivity index (χ4v) is 5.63. The molecule has 1 fully saturated rings. The maximum Gasteiger partial charge on any atom is 0.245 e. The molecule has 0 aliphatic carbocycles. The molecule has 1 saturated heterocycles. The molecule has 1 aliphatic rings. The number of rotatable bonds is 5. The Hall–Kier alpha value is -2.81. The van der Waals surface area contributed by atoms with Gasteiger partial charge in [-0.25, -0.2) is 8.42 Å². The Morgan fingerprint density at radius 1 is 1.03 bits per heavy atom. The predicted octanol–water partition coefficient (Wildman–Crippen LogP) is 3.19. The van der Waals surface area contributed by atoms with E-state index in [2.05, 4.69) is 10.3 Å². The van der Waals surface area contributed by atoms with Crippen LogP contribution >= 0.6 is 0 Å². The van der Waals surface area contributed by atoms with Gasteiger partial charge in [0.1, 0.15) is 4.90 Å². The van der Waals surface area contributed by atoms with Crippen molar-refractivity contribution in [1.82, 2.24) is 14.2 Å². The number of carbonyl (C=O) groups excluding carboxylic acids is 1. The van der Waals surface area contributed by atoms with Gasteiger partial charge in [0.05, 0.1) is 11.6 Å². The lowest BCUT2D eigenvalue weighted by Gasteiger charge is -2.36. The van der Waals surface area contributed by atoms with Crippen LogP contribution in [0.1, 0.15) is 18.1 Å². The molecule has 0 radical (unpaired) electrons. The maximum absolute atomic E-state index is 13.4. The van der Waals surface area contributed by atoms with Gasteiger partial charge in [-0.1, -0.05) is 30.3 Å². The molecule has 1 atom stereocenters. The number of benzene rings is 2. The number of carbonyl (C=O) groups is 1. The van der Waals surface area contributed by atoms with Gasteiger partial charge in [0, 0.05) is 43.4 Å². The minimum Gasteiger partial charge on any atom is -0.324 e. The summed E-state index contributed by atoms with van der Waals surface area (Å²) in [5.74, 6) is -0.0933. The van der Waals surface area contributed by atoms with Crippen LogP contribution in [-0.4, -0.2) is 60.7 Å². The first-order valence-electron chi connectivity index (χ1n) is 10.7. The second-order valence-electron chi connectivity index (χ2n) is 8.26. The summed E-state index contributed by atoms with van der Waals surface area (Å²) in [6, 6.07) is 14.5.